The van der Waals surface area contributed by atoms with Gasteiger partial charge in [0.1, 0.15) is 12.1 Å². The summed E-state index contributed by atoms with van der Waals surface area (Å²) in [5.41, 5.74) is 0.831. The van der Waals surface area contributed by atoms with Crippen LogP contribution in [0, 0.1) is 6.92 Å². The van der Waals surface area contributed by atoms with Crippen molar-refractivity contribution < 1.29 is 14.3 Å². The number of carbonyl (C=O) groups excluding carboxylic acids is 2. The monoisotopic (exact) mass is 352 g/mol. The number of hydrogen-bond donors (Lipinski definition) is 1. The lowest BCUT2D eigenvalue weighted by atomic mass is 10.2. The molecule has 0 bridgehead atoms. The van der Waals surface area contributed by atoms with Crippen LogP contribution >= 0.6 is 11.8 Å². The van der Waals surface area contributed by atoms with Crippen LogP contribution in [-0.4, -0.2) is 64.2 Å². The van der Waals surface area contributed by atoms with E-state index in [0.29, 0.717) is 25.4 Å². The third-order valence-corrected chi connectivity index (χ3v) is 4.45. The van der Waals surface area contributed by atoms with E-state index in [1.165, 1.54) is 6.92 Å². The molecule has 0 unspecified atom stereocenters. The lowest BCUT2D eigenvalue weighted by Gasteiger charge is -2.23. The van der Waals surface area contributed by atoms with Gasteiger partial charge in [0.15, 0.2) is 0 Å². The highest BCUT2D eigenvalue weighted by molar-refractivity contribution is 7.98. The molecule has 0 aromatic carbocycles. The van der Waals surface area contributed by atoms with Crippen LogP contribution in [0.5, 0.6) is 5.88 Å². The first-order valence-corrected chi connectivity index (χ1v) is 9.40. The van der Waals surface area contributed by atoms with Gasteiger partial charge in [0, 0.05) is 26.0 Å². The van der Waals surface area contributed by atoms with E-state index in [4.69, 9.17) is 4.74 Å². The van der Waals surface area contributed by atoms with Crippen LogP contribution in [0.4, 0.5) is 0 Å². The Morgan fingerprint density at radius 1 is 1.46 bits per heavy atom. The molecule has 2 rings (SSSR count). The van der Waals surface area contributed by atoms with Crippen molar-refractivity contribution in [3.8, 4) is 5.88 Å². The van der Waals surface area contributed by atoms with Crippen molar-refractivity contribution in [2.45, 2.75) is 38.8 Å². The minimum absolute atomic E-state index is 0.0414. The topological polar surface area (TPSA) is 84.4 Å². The van der Waals surface area contributed by atoms with Crippen LogP contribution in [0.1, 0.15) is 25.5 Å². The molecule has 1 N–H and O–H groups in total. The highest BCUT2D eigenvalue weighted by Gasteiger charge is 2.32. The number of hydrogen-bond acceptors (Lipinski definition) is 6. The van der Waals surface area contributed by atoms with Crippen LogP contribution in [0.25, 0.3) is 0 Å². The number of amides is 2. The molecule has 0 radical (unpaired) electrons. The van der Waals surface area contributed by atoms with Gasteiger partial charge in [0.05, 0.1) is 12.2 Å². The van der Waals surface area contributed by atoms with Crippen molar-refractivity contribution in [1.29, 1.82) is 0 Å². The smallest absolute Gasteiger partial charge is 0.245 e. The van der Waals surface area contributed by atoms with Crippen LogP contribution in [0.3, 0.4) is 0 Å². The van der Waals surface area contributed by atoms with Crippen LogP contribution in [0.2, 0.25) is 0 Å². The number of aryl methyl sites for hydroxylation is 1. The Labute approximate surface area is 146 Å². The highest BCUT2D eigenvalue weighted by Crippen LogP contribution is 2.18. The summed E-state index contributed by atoms with van der Waals surface area (Å²) < 4.78 is 5.79. The molecule has 2 atom stereocenters. The second-order valence-corrected chi connectivity index (χ2v) is 6.85. The normalized spacial score (nSPS) is 18.3. The van der Waals surface area contributed by atoms with E-state index < -0.39 is 6.04 Å². The van der Waals surface area contributed by atoms with Gasteiger partial charge in [-0.2, -0.15) is 16.9 Å². The maximum atomic E-state index is 12.6. The third kappa shape index (κ3) is 5.36. The first-order valence-electron chi connectivity index (χ1n) is 8.01. The molecule has 0 spiro atoms. The van der Waals surface area contributed by atoms with Gasteiger partial charge in [-0.25, -0.2) is 0 Å². The largest absolute Gasteiger partial charge is 0.471 e. The standard InChI is InChI=1S/C16H24N4O3S/c1-11-4-5-15(19-18-11)23-13-6-8-20(10-13)16(22)14(7-9-24-3)17-12(2)21/h4-5,13-14H,6-10H2,1-3H3,(H,17,21)/t13-,14-/m0/s1. The van der Waals surface area contributed by atoms with E-state index in [1.807, 2.05) is 19.2 Å². The van der Waals surface area contributed by atoms with Crippen LogP contribution in [-0.2, 0) is 9.59 Å². The van der Waals surface area contributed by atoms with Gasteiger partial charge in [0.2, 0.25) is 17.7 Å². The van der Waals surface area contributed by atoms with Crippen LogP contribution in [0.15, 0.2) is 12.1 Å². The number of ether oxygens (including phenoxy) is 1. The van der Waals surface area contributed by atoms with Gasteiger partial charge in [-0.3, -0.25) is 9.59 Å². The molecule has 24 heavy (non-hydrogen) atoms. The zero-order valence-corrected chi connectivity index (χ0v) is 15.1. The first-order chi connectivity index (χ1) is 11.5. The summed E-state index contributed by atoms with van der Waals surface area (Å²) in [6.07, 6.45) is 3.27. The maximum Gasteiger partial charge on any atom is 0.245 e. The molecule has 0 aliphatic carbocycles. The SMILES string of the molecule is CSCC[C@H](NC(C)=O)C(=O)N1CC[C@H](Oc2ccc(C)nn2)C1. The Morgan fingerprint density at radius 2 is 2.25 bits per heavy atom. The molecular formula is C16H24N4O3S. The second kappa shape index (κ2) is 8.86. The summed E-state index contributed by atoms with van der Waals surface area (Å²) in [5, 5.41) is 10.7. The van der Waals surface area contributed by atoms with Crippen molar-refractivity contribution in [1.82, 2.24) is 20.4 Å². The summed E-state index contributed by atoms with van der Waals surface area (Å²) in [6.45, 7) is 4.43. The molecule has 1 aromatic rings. The summed E-state index contributed by atoms with van der Waals surface area (Å²) in [7, 11) is 0. The summed E-state index contributed by atoms with van der Waals surface area (Å²) in [5.74, 6) is 1.07. The lowest BCUT2D eigenvalue weighted by Crippen LogP contribution is -2.48. The number of thioether (sulfide) groups is 1. The Bertz CT molecular complexity index is 567. The minimum atomic E-state index is -0.465. The van der Waals surface area contributed by atoms with E-state index in [9.17, 15) is 9.59 Å². The fourth-order valence-corrected chi connectivity index (χ4v) is 3.08. The van der Waals surface area contributed by atoms with Gasteiger partial charge in [0.25, 0.3) is 0 Å². The molecule has 2 amide bonds. The van der Waals surface area contributed by atoms with E-state index in [1.54, 1.807) is 22.7 Å². The van der Waals surface area contributed by atoms with Crippen molar-refractivity contribution in [2.24, 2.45) is 0 Å². The van der Waals surface area contributed by atoms with Crippen molar-refractivity contribution >= 4 is 23.6 Å². The zero-order valence-electron chi connectivity index (χ0n) is 14.3. The number of rotatable bonds is 7. The summed E-state index contributed by atoms with van der Waals surface area (Å²) >= 11 is 1.66. The molecule has 1 aliphatic rings. The van der Waals surface area contributed by atoms with Gasteiger partial charge < -0.3 is 15.0 Å². The molecule has 132 valence electrons. The predicted octanol–water partition coefficient (Wildman–Crippen LogP) is 1.02. The average molecular weight is 352 g/mol. The molecule has 1 aliphatic heterocycles. The number of likely N-dealkylation sites (tertiary alicyclic amines) is 1. The Hall–Kier alpha value is -1.83. The highest BCUT2D eigenvalue weighted by atomic mass is 32.2. The van der Waals surface area contributed by atoms with E-state index >= 15 is 0 Å². The van der Waals surface area contributed by atoms with Gasteiger partial charge >= 0.3 is 0 Å². The number of nitrogens with one attached hydrogen (secondary N) is 1. The molecule has 1 saturated heterocycles. The van der Waals surface area contributed by atoms with Gasteiger partial charge in [-0.05, 0) is 31.4 Å². The van der Waals surface area contributed by atoms with Gasteiger partial charge in [-0.15, -0.1) is 5.10 Å². The lowest BCUT2D eigenvalue weighted by molar-refractivity contribution is -0.135. The molecule has 1 aromatic heterocycles. The molecule has 1 fully saturated rings. The third-order valence-electron chi connectivity index (χ3n) is 3.80. The molecule has 0 saturated carbocycles. The quantitative estimate of drug-likeness (QED) is 0.789. The Morgan fingerprint density at radius 3 is 2.88 bits per heavy atom. The van der Waals surface area contributed by atoms with Gasteiger partial charge in [-0.1, -0.05) is 0 Å². The fourth-order valence-electron chi connectivity index (χ4n) is 2.60. The molecule has 8 heteroatoms. The molecule has 7 nitrogen and oxygen atoms in total. The van der Waals surface area contributed by atoms with Crippen molar-refractivity contribution in [3.63, 3.8) is 0 Å². The van der Waals surface area contributed by atoms with E-state index in [-0.39, 0.29) is 17.9 Å². The minimum Gasteiger partial charge on any atom is -0.471 e. The fraction of sp³-hybridized carbons (Fsp3) is 0.625. The molecular weight excluding hydrogens is 328 g/mol. The Kier molecular flexibility index (Phi) is 6.84. The second-order valence-electron chi connectivity index (χ2n) is 5.86. The predicted molar refractivity (Wildman–Crippen MR) is 93.0 cm³/mol. The summed E-state index contributed by atoms with van der Waals surface area (Å²) in [4.78, 5) is 25.7. The zero-order chi connectivity index (χ0) is 17.5. The maximum absolute atomic E-state index is 12.6. The number of aromatic nitrogens is 2. The van der Waals surface area contributed by atoms with E-state index in [0.717, 1.165) is 17.9 Å². The Balaban J connectivity index is 1.90. The molecule has 2 heterocycles. The number of carbonyl (C=O) groups is 2. The average Bonchev–Trinajstić information content (AvgIpc) is 3.01. The summed E-state index contributed by atoms with van der Waals surface area (Å²) in [6, 6.07) is 3.16. The van der Waals surface area contributed by atoms with Crippen molar-refractivity contribution in [3.05, 3.63) is 17.8 Å². The first kappa shape index (κ1) is 18.5. The van der Waals surface area contributed by atoms with E-state index in [2.05, 4.69) is 15.5 Å². The number of nitrogens with zero attached hydrogens (tertiary/aromatic N) is 3. The van der Waals surface area contributed by atoms with Crippen molar-refractivity contribution in [2.75, 3.05) is 25.1 Å². The van der Waals surface area contributed by atoms with Crippen LogP contribution < -0.4 is 10.1 Å².